The van der Waals surface area contributed by atoms with Crippen LogP contribution in [-0.2, 0) is 33.2 Å². The van der Waals surface area contributed by atoms with Crippen molar-refractivity contribution in [2.45, 2.75) is 158 Å². The SMILES string of the molecule is CC1COC2(OC3C(=O)C4C5CC=C6CC(O)CC(OC7OCC(O)C(O)C7OC7OC(C)C(O)C(O)C7O)C6(C)C5CCC4(C)C3C2C)C(O)C1O. The van der Waals surface area contributed by atoms with Gasteiger partial charge in [-0.25, -0.2) is 0 Å². The third-order valence-electron chi connectivity index (χ3n) is 15.2. The van der Waals surface area contributed by atoms with Gasteiger partial charge in [0.2, 0.25) is 5.79 Å². The number of aliphatic hydroxyl groups is 8. The molecule has 4 heterocycles. The van der Waals surface area contributed by atoms with Crippen LogP contribution >= 0.6 is 0 Å². The van der Waals surface area contributed by atoms with Crippen molar-refractivity contribution in [1.29, 1.82) is 0 Å². The third-order valence-corrected chi connectivity index (χ3v) is 15.2. The standard InChI is InChI=1S/C38H58O15/c1-14-12-49-38(33(47)25(14)41)15(2)23-31(53-38)28(44)24-19-7-6-17-10-18(39)11-22(37(17,5)20(19)8-9-36(23,24)4)51-35-32(27(43)21(40)13-48-35)52-34-30(46)29(45)26(42)16(3)50-34/h6,14-16,18-27,29-35,39-43,45-47H,7-13H2,1-5H3. The van der Waals surface area contributed by atoms with Crippen molar-refractivity contribution in [3.63, 3.8) is 0 Å². The maximum Gasteiger partial charge on any atom is 0.200 e. The molecule has 3 saturated carbocycles. The third kappa shape index (κ3) is 5.55. The lowest BCUT2D eigenvalue weighted by Crippen LogP contribution is -2.64. The van der Waals surface area contributed by atoms with Gasteiger partial charge >= 0.3 is 0 Å². The van der Waals surface area contributed by atoms with E-state index in [1.54, 1.807) is 0 Å². The van der Waals surface area contributed by atoms with Gasteiger partial charge in [-0.15, -0.1) is 0 Å². The second-order valence-corrected chi connectivity index (χ2v) is 18.0. The molecule has 0 bridgehead atoms. The summed E-state index contributed by atoms with van der Waals surface area (Å²) in [6, 6.07) is 0. The molecule has 8 rings (SSSR count). The average Bonchev–Trinajstić information content (AvgIpc) is 3.54. The summed E-state index contributed by atoms with van der Waals surface area (Å²) >= 11 is 0. The highest BCUT2D eigenvalue weighted by Gasteiger charge is 2.75. The number of hydrogen-bond donors (Lipinski definition) is 8. The quantitative estimate of drug-likeness (QED) is 0.163. The van der Waals surface area contributed by atoms with Crippen LogP contribution in [0.15, 0.2) is 11.6 Å². The van der Waals surface area contributed by atoms with Crippen LogP contribution in [0.2, 0.25) is 0 Å². The molecule has 15 nitrogen and oxygen atoms in total. The number of ketones is 1. The topological polar surface area (TPSA) is 234 Å². The molecule has 7 fully saturated rings. The van der Waals surface area contributed by atoms with E-state index in [-0.39, 0.29) is 60.9 Å². The van der Waals surface area contributed by atoms with E-state index < -0.39 is 102 Å². The number of ether oxygens (including phenoxy) is 6. The molecule has 300 valence electrons. The van der Waals surface area contributed by atoms with Crippen molar-refractivity contribution in [1.82, 2.24) is 0 Å². The van der Waals surface area contributed by atoms with E-state index in [9.17, 15) is 45.6 Å². The van der Waals surface area contributed by atoms with Crippen LogP contribution in [0.5, 0.6) is 0 Å². The predicted molar refractivity (Wildman–Crippen MR) is 180 cm³/mol. The van der Waals surface area contributed by atoms with E-state index in [0.717, 1.165) is 12.0 Å². The fraction of sp³-hybridized carbons (Fsp3) is 0.921. The van der Waals surface area contributed by atoms with Crippen LogP contribution in [0.4, 0.5) is 0 Å². The molecule has 0 aromatic rings. The van der Waals surface area contributed by atoms with Gasteiger partial charge in [-0.3, -0.25) is 4.79 Å². The lowest BCUT2D eigenvalue weighted by atomic mass is 9.46. The predicted octanol–water partition coefficient (Wildman–Crippen LogP) is -0.880. The fourth-order valence-corrected chi connectivity index (χ4v) is 12.2. The molecule has 4 aliphatic heterocycles. The van der Waals surface area contributed by atoms with Crippen LogP contribution in [0.25, 0.3) is 0 Å². The van der Waals surface area contributed by atoms with E-state index in [2.05, 4.69) is 19.9 Å². The number of Topliss-reactive ketones (excluding diaryl/α,β-unsaturated/α-hetero) is 1. The number of allylic oxidation sites excluding steroid dienone is 1. The van der Waals surface area contributed by atoms with E-state index in [0.29, 0.717) is 19.3 Å². The molecule has 0 aromatic heterocycles. The summed E-state index contributed by atoms with van der Waals surface area (Å²) in [6.07, 6.45) is -12.2. The molecule has 4 saturated heterocycles. The van der Waals surface area contributed by atoms with Gasteiger partial charge in [0.25, 0.3) is 0 Å². The Morgan fingerprint density at radius 1 is 0.868 bits per heavy atom. The fourth-order valence-electron chi connectivity index (χ4n) is 12.2. The van der Waals surface area contributed by atoms with Crippen molar-refractivity contribution in [2.24, 2.45) is 46.3 Å². The molecule has 1 spiro atoms. The van der Waals surface area contributed by atoms with Gasteiger partial charge in [0, 0.05) is 35.5 Å². The molecule has 23 unspecified atom stereocenters. The van der Waals surface area contributed by atoms with Gasteiger partial charge in [-0.2, -0.15) is 0 Å². The highest BCUT2D eigenvalue weighted by atomic mass is 16.8. The maximum absolute atomic E-state index is 14.6. The molecule has 4 aliphatic carbocycles. The van der Waals surface area contributed by atoms with Crippen LogP contribution in [0.1, 0.15) is 66.7 Å². The molecule has 23 atom stereocenters. The van der Waals surface area contributed by atoms with Gasteiger partial charge in [0.15, 0.2) is 18.4 Å². The van der Waals surface area contributed by atoms with Crippen LogP contribution in [0.3, 0.4) is 0 Å². The number of carbonyl (C=O) groups excluding carboxylic acids is 1. The Bertz CT molecular complexity index is 1450. The molecule has 8 N–H and O–H groups in total. The number of rotatable bonds is 4. The Morgan fingerprint density at radius 3 is 2.34 bits per heavy atom. The van der Waals surface area contributed by atoms with Crippen LogP contribution in [-0.4, -0.2) is 151 Å². The summed E-state index contributed by atoms with van der Waals surface area (Å²) in [4.78, 5) is 14.6. The molecule has 0 aromatic carbocycles. The van der Waals surface area contributed by atoms with E-state index >= 15 is 0 Å². The molecular formula is C38H58O15. The number of aliphatic hydroxyl groups excluding tert-OH is 8. The normalized spacial score (nSPS) is 59.5. The molecule has 0 amide bonds. The minimum atomic E-state index is -1.67. The van der Waals surface area contributed by atoms with Gasteiger partial charge in [-0.05, 0) is 49.9 Å². The Morgan fingerprint density at radius 2 is 1.60 bits per heavy atom. The molecule has 0 radical (unpaired) electrons. The minimum Gasteiger partial charge on any atom is -0.393 e. The zero-order valence-corrected chi connectivity index (χ0v) is 31.0. The average molecular weight is 755 g/mol. The first-order valence-electron chi connectivity index (χ1n) is 19.5. The second-order valence-electron chi connectivity index (χ2n) is 18.0. The number of fused-ring (bicyclic) bond motifs is 7. The first-order chi connectivity index (χ1) is 24.9. The molecule has 53 heavy (non-hydrogen) atoms. The summed E-state index contributed by atoms with van der Waals surface area (Å²) in [5.74, 6) is -2.80. The van der Waals surface area contributed by atoms with Crippen molar-refractivity contribution in [3.8, 4) is 0 Å². The van der Waals surface area contributed by atoms with Crippen LogP contribution in [0, 0.1) is 46.3 Å². The highest BCUT2D eigenvalue weighted by Crippen LogP contribution is 2.70. The van der Waals surface area contributed by atoms with Gasteiger partial charge in [0.1, 0.15) is 48.8 Å². The van der Waals surface area contributed by atoms with Gasteiger partial charge in [-0.1, -0.05) is 39.3 Å². The van der Waals surface area contributed by atoms with Crippen LogP contribution < -0.4 is 0 Å². The number of hydrogen-bond acceptors (Lipinski definition) is 15. The monoisotopic (exact) mass is 754 g/mol. The summed E-state index contributed by atoms with van der Waals surface area (Å²) in [7, 11) is 0. The number of carbonyl (C=O) groups is 1. The van der Waals surface area contributed by atoms with Gasteiger partial charge < -0.3 is 69.3 Å². The van der Waals surface area contributed by atoms with Crippen molar-refractivity contribution >= 4 is 5.78 Å². The lowest BCUT2D eigenvalue weighted by molar-refractivity contribution is -0.362. The molecule has 15 heteroatoms. The maximum atomic E-state index is 14.6. The Labute approximate surface area is 309 Å². The summed E-state index contributed by atoms with van der Waals surface area (Å²) in [6.45, 7) is 9.48. The van der Waals surface area contributed by atoms with E-state index in [4.69, 9.17) is 28.4 Å². The zero-order chi connectivity index (χ0) is 38.1. The smallest absolute Gasteiger partial charge is 0.200 e. The van der Waals surface area contributed by atoms with E-state index in [1.807, 2.05) is 13.8 Å². The Hall–Kier alpha value is -1.15. The Balaban J connectivity index is 1.06. The highest BCUT2D eigenvalue weighted by molar-refractivity contribution is 5.90. The summed E-state index contributed by atoms with van der Waals surface area (Å²) in [5, 5.41) is 86.2. The summed E-state index contributed by atoms with van der Waals surface area (Å²) in [5.41, 5.74) is -0.104. The molecular weight excluding hydrogens is 696 g/mol. The first kappa shape index (κ1) is 38.7. The Kier molecular flexibility index (Phi) is 9.84. The van der Waals surface area contributed by atoms with Crippen molar-refractivity contribution in [2.75, 3.05) is 13.2 Å². The summed E-state index contributed by atoms with van der Waals surface area (Å²) < 4.78 is 37.0. The minimum absolute atomic E-state index is 0.0117. The van der Waals surface area contributed by atoms with E-state index in [1.165, 1.54) is 6.92 Å². The van der Waals surface area contributed by atoms with Gasteiger partial charge in [0.05, 0.1) is 37.6 Å². The molecule has 8 aliphatic rings. The van der Waals surface area contributed by atoms with Crippen molar-refractivity contribution < 1.29 is 74.1 Å². The second kappa shape index (κ2) is 13.5. The van der Waals surface area contributed by atoms with Crippen molar-refractivity contribution in [3.05, 3.63) is 11.6 Å². The largest absolute Gasteiger partial charge is 0.393 e. The first-order valence-corrected chi connectivity index (χ1v) is 19.5. The zero-order valence-electron chi connectivity index (χ0n) is 31.0. The lowest BCUT2D eigenvalue weighted by Gasteiger charge is -2.60.